The summed E-state index contributed by atoms with van der Waals surface area (Å²) in [6.45, 7) is 1.97. The zero-order valence-corrected chi connectivity index (χ0v) is 9.42. The van der Waals surface area contributed by atoms with Crippen molar-refractivity contribution in [1.82, 2.24) is 9.78 Å². The molecule has 4 heteroatoms. The topological polar surface area (TPSA) is 29.9 Å². The number of hydrogen-bond acceptors (Lipinski definition) is 2. The first-order valence-electron chi connectivity index (χ1n) is 4.68. The fourth-order valence-electron chi connectivity index (χ4n) is 1.41. The molecule has 0 amide bonds. The van der Waals surface area contributed by atoms with Crippen LogP contribution >= 0.6 is 11.6 Å². The zero-order chi connectivity index (χ0) is 10.8. The van der Waals surface area contributed by atoms with Crippen LogP contribution in [0.2, 0.25) is 5.02 Å². The summed E-state index contributed by atoms with van der Waals surface area (Å²) in [6, 6.07) is 9.57. The Labute approximate surface area is 93.7 Å². The average molecular weight is 222 g/mol. The van der Waals surface area contributed by atoms with Gasteiger partial charge in [0.15, 0.2) is 0 Å². The van der Waals surface area contributed by atoms with Crippen molar-refractivity contribution in [2.24, 2.45) is 7.05 Å². The molecule has 15 heavy (non-hydrogen) atoms. The van der Waals surface area contributed by atoms with Crippen molar-refractivity contribution in [3.8, 4) is 0 Å². The van der Waals surface area contributed by atoms with Crippen LogP contribution in [0, 0.1) is 6.92 Å². The molecular weight excluding hydrogens is 210 g/mol. The first kappa shape index (κ1) is 10.1. The second-order valence-corrected chi connectivity index (χ2v) is 3.86. The molecule has 2 rings (SSSR count). The van der Waals surface area contributed by atoms with Crippen LogP contribution in [0.25, 0.3) is 0 Å². The lowest BCUT2D eigenvalue weighted by Gasteiger charge is -2.05. The van der Waals surface area contributed by atoms with Crippen LogP contribution < -0.4 is 5.32 Å². The summed E-state index contributed by atoms with van der Waals surface area (Å²) in [6.07, 6.45) is 0. The highest BCUT2D eigenvalue weighted by Crippen LogP contribution is 2.18. The van der Waals surface area contributed by atoms with Crippen LogP contribution in [0.4, 0.5) is 11.5 Å². The number of benzene rings is 1. The lowest BCUT2D eigenvalue weighted by molar-refractivity contribution is 0.765. The smallest absolute Gasteiger partial charge is 0.128 e. The Bertz CT molecular complexity index is 459. The number of anilines is 2. The third-order valence-electron chi connectivity index (χ3n) is 2.12. The van der Waals surface area contributed by atoms with Crippen LogP contribution in [0.3, 0.4) is 0 Å². The predicted molar refractivity (Wildman–Crippen MR) is 62.7 cm³/mol. The van der Waals surface area contributed by atoms with E-state index in [4.69, 9.17) is 11.6 Å². The zero-order valence-electron chi connectivity index (χ0n) is 8.66. The Kier molecular flexibility index (Phi) is 2.64. The van der Waals surface area contributed by atoms with Gasteiger partial charge in [-0.15, -0.1) is 0 Å². The minimum absolute atomic E-state index is 0.738. The van der Waals surface area contributed by atoms with Gasteiger partial charge in [-0.1, -0.05) is 11.6 Å². The number of nitrogens with zero attached hydrogens (tertiary/aromatic N) is 2. The van der Waals surface area contributed by atoms with E-state index in [1.54, 1.807) is 0 Å². The van der Waals surface area contributed by atoms with Gasteiger partial charge in [-0.25, -0.2) is 0 Å². The van der Waals surface area contributed by atoms with Crippen molar-refractivity contribution in [1.29, 1.82) is 0 Å². The lowest BCUT2D eigenvalue weighted by atomic mass is 10.3. The maximum Gasteiger partial charge on any atom is 0.128 e. The third-order valence-corrected chi connectivity index (χ3v) is 2.37. The second kappa shape index (κ2) is 3.95. The third kappa shape index (κ3) is 2.30. The van der Waals surface area contributed by atoms with Crippen LogP contribution in [0.5, 0.6) is 0 Å². The maximum atomic E-state index is 5.80. The fraction of sp³-hybridized carbons (Fsp3) is 0.182. The van der Waals surface area contributed by atoms with Gasteiger partial charge in [-0.2, -0.15) is 5.10 Å². The van der Waals surface area contributed by atoms with Crippen molar-refractivity contribution in [3.63, 3.8) is 0 Å². The van der Waals surface area contributed by atoms with Crippen LogP contribution in [0.15, 0.2) is 30.3 Å². The number of rotatable bonds is 2. The van der Waals surface area contributed by atoms with Gasteiger partial charge in [0.25, 0.3) is 0 Å². The van der Waals surface area contributed by atoms with E-state index in [1.165, 1.54) is 0 Å². The summed E-state index contributed by atoms with van der Waals surface area (Å²) < 4.78 is 1.81. The van der Waals surface area contributed by atoms with Crippen molar-refractivity contribution < 1.29 is 0 Å². The van der Waals surface area contributed by atoms with Crippen LogP contribution in [-0.4, -0.2) is 9.78 Å². The standard InChI is InChI=1S/C11H12ClN3/c1-8-7-11(15(2)14-8)13-10-5-3-9(12)4-6-10/h3-7,13H,1-2H3. The molecule has 1 aromatic carbocycles. The molecule has 0 radical (unpaired) electrons. The molecule has 0 unspecified atom stereocenters. The number of aryl methyl sites for hydroxylation is 2. The van der Waals surface area contributed by atoms with Gasteiger partial charge in [0, 0.05) is 23.8 Å². The highest BCUT2D eigenvalue weighted by atomic mass is 35.5. The Morgan fingerprint density at radius 3 is 2.47 bits per heavy atom. The summed E-state index contributed by atoms with van der Waals surface area (Å²) in [5.41, 5.74) is 2.00. The largest absolute Gasteiger partial charge is 0.340 e. The van der Waals surface area contributed by atoms with Gasteiger partial charge in [-0.05, 0) is 31.2 Å². The van der Waals surface area contributed by atoms with E-state index >= 15 is 0 Å². The molecule has 0 aliphatic heterocycles. The van der Waals surface area contributed by atoms with Gasteiger partial charge in [0.1, 0.15) is 5.82 Å². The molecule has 0 aliphatic carbocycles. The molecule has 0 spiro atoms. The number of nitrogens with one attached hydrogen (secondary N) is 1. The van der Waals surface area contributed by atoms with E-state index in [0.29, 0.717) is 0 Å². The number of aromatic nitrogens is 2. The Balaban J connectivity index is 2.21. The molecule has 0 bridgehead atoms. The Morgan fingerprint density at radius 1 is 1.27 bits per heavy atom. The summed E-state index contributed by atoms with van der Waals surface area (Å²) in [4.78, 5) is 0. The normalized spacial score (nSPS) is 10.3. The molecular formula is C11H12ClN3. The molecule has 0 aliphatic rings. The minimum Gasteiger partial charge on any atom is -0.340 e. The van der Waals surface area contributed by atoms with Gasteiger partial charge in [-0.3, -0.25) is 4.68 Å². The average Bonchev–Trinajstić information content (AvgIpc) is 2.49. The molecule has 0 saturated heterocycles. The molecule has 1 aromatic heterocycles. The fourth-order valence-corrected chi connectivity index (χ4v) is 1.53. The van der Waals surface area contributed by atoms with Crippen LogP contribution in [0.1, 0.15) is 5.69 Å². The van der Waals surface area contributed by atoms with E-state index in [0.717, 1.165) is 22.2 Å². The van der Waals surface area contributed by atoms with Crippen molar-refractivity contribution in [3.05, 3.63) is 41.0 Å². The maximum absolute atomic E-state index is 5.80. The number of hydrogen-bond donors (Lipinski definition) is 1. The summed E-state index contributed by atoms with van der Waals surface area (Å²) >= 11 is 5.80. The second-order valence-electron chi connectivity index (χ2n) is 3.43. The highest BCUT2D eigenvalue weighted by Gasteiger charge is 2.01. The summed E-state index contributed by atoms with van der Waals surface area (Å²) in [7, 11) is 1.91. The first-order chi connectivity index (χ1) is 7.15. The van der Waals surface area contributed by atoms with Gasteiger partial charge in [0.05, 0.1) is 5.69 Å². The van der Waals surface area contributed by atoms with Gasteiger partial charge >= 0.3 is 0 Å². The molecule has 0 fully saturated rings. The van der Waals surface area contributed by atoms with Crippen molar-refractivity contribution in [2.45, 2.75) is 6.92 Å². The quantitative estimate of drug-likeness (QED) is 0.845. The van der Waals surface area contributed by atoms with E-state index in [9.17, 15) is 0 Å². The van der Waals surface area contributed by atoms with E-state index in [1.807, 2.05) is 49.0 Å². The minimum atomic E-state index is 0.738. The molecule has 0 saturated carbocycles. The summed E-state index contributed by atoms with van der Waals surface area (Å²) in [5, 5.41) is 8.25. The van der Waals surface area contributed by atoms with E-state index in [-0.39, 0.29) is 0 Å². The SMILES string of the molecule is Cc1cc(Nc2ccc(Cl)cc2)n(C)n1. The molecule has 3 nitrogen and oxygen atoms in total. The monoisotopic (exact) mass is 221 g/mol. The Morgan fingerprint density at radius 2 is 1.93 bits per heavy atom. The molecule has 0 atom stereocenters. The summed E-state index contributed by atoms with van der Waals surface area (Å²) in [5.74, 6) is 0.967. The van der Waals surface area contributed by atoms with Crippen molar-refractivity contribution >= 4 is 23.1 Å². The van der Waals surface area contributed by atoms with Crippen molar-refractivity contribution in [2.75, 3.05) is 5.32 Å². The predicted octanol–water partition coefficient (Wildman–Crippen LogP) is 3.13. The van der Waals surface area contributed by atoms with Gasteiger partial charge < -0.3 is 5.32 Å². The lowest BCUT2D eigenvalue weighted by Crippen LogP contribution is -1.98. The Hall–Kier alpha value is -1.48. The molecule has 1 N–H and O–H groups in total. The first-order valence-corrected chi connectivity index (χ1v) is 5.06. The highest BCUT2D eigenvalue weighted by molar-refractivity contribution is 6.30. The number of halogens is 1. The van der Waals surface area contributed by atoms with E-state index < -0.39 is 0 Å². The molecule has 1 heterocycles. The van der Waals surface area contributed by atoms with Gasteiger partial charge in [0.2, 0.25) is 0 Å². The van der Waals surface area contributed by atoms with Crippen LogP contribution in [-0.2, 0) is 7.05 Å². The van der Waals surface area contributed by atoms with E-state index in [2.05, 4.69) is 10.4 Å². The molecule has 78 valence electrons. The molecule has 2 aromatic rings.